The van der Waals surface area contributed by atoms with Crippen LogP contribution in [0.15, 0.2) is 18.2 Å². The first-order valence-corrected chi connectivity index (χ1v) is 5.40. The molecule has 0 fully saturated rings. The fourth-order valence-corrected chi connectivity index (χ4v) is 1.33. The second-order valence-corrected chi connectivity index (χ2v) is 3.56. The first kappa shape index (κ1) is 12.4. The Labute approximate surface area is 95.8 Å². The summed E-state index contributed by atoms with van der Waals surface area (Å²) in [5.41, 5.74) is 6.67. The zero-order valence-corrected chi connectivity index (χ0v) is 9.75. The molecule has 4 heteroatoms. The second kappa shape index (κ2) is 6.00. The van der Waals surface area contributed by atoms with E-state index in [-0.39, 0.29) is 5.91 Å². The van der Waals surface area contributed by atoms with E-state index in [0.717, 1.165) is 12.8 Å². The summed E-state index contributed by atoms with van der Waals surface area (Å²) in [6.45, 7) is 2.75. The van der Waals surface area contributed by atoms with Gasteiger partial charge in [-0.25, -0.2) is 0 Å². The number of rotatable bonds is 5. The Morgan fingerprint density at radius 3 is 2.88 bits per heavy atom. The highest BCUT2D eigenvalue weighted by atomic mass is 16.5. The number of benzene rings is 1. The van der Waals surface area contributed by atoms with Crippen molar-refractivity contribution in [3.8, 4) is 5.75 Å². The van der Waals surface area contributed by atoms with Crippen molar-refractivity contribution in [3.63, 3.8) is 0 Å². The van der Waals surface area contributed by atoms with E-state index in [1.165, 1.54) is 0 Å². The van der Waals surface area contributed by atoms with Crippen LogP contribution in [-0.2, 0) is 0 Å². The molecule has 0 saturated carbocycles. The molecule has 1 rings (SSSR count). The number of carbonyl (C=O) groups is 1. The van der Waals surface area contributed by atoms with E-state index >= 15 is 0 Å². The number of unbranched alkanes of at least 4 members (excludes halogenated alkanes) is 1. The average molecular weight is 222 g/mol. The maximum absolute atomic E-state index is 11.8. The molecule has 1 aromatic carbocycles. The average Bonchev–Trinajstić information content (AvgIpc) is 2.30. The first-order chi connectivity index (χ1) is 7.69. The Balaban J connectivity index is 2.73. The summed E-state index contributed by atoms with van der Waals surface area (Å²) in [5, 5.41) is 2.82. The molecule has 0 saturated heterocycles. The topological polar surface area (TPSA) is 64.3 Å². The molecule has 16 heavy (non-hydrogen) atoms. The molecular weight excluding hydrogens is 204 g/mol. The van der Waals surface area contributed by atoms with Crippen LogP contribution in [0.25, 0.3) is 0 Å². The van der Waals surface area contributed by atoms with E-state index in [1.54, 1.807) is 25.3 Å². The zero-order valence-electron chi connectivity index (χ0n) is 9.75. The van der Waals surface area contributed by atoms with Crippen LogP contribution in [-0.4, -0.2) is 19.6 Å². The van der Waals surface area contributed by atoms with Gasteiger partial charge in [0.05, 0.1) is 12.7 Å². The number of methoxy groups -OCH3 is 1. The largest absolute Gasteiger partial charge is 0.497 e. The van der Waals surface area contributed by atoms with Gasteiger partial charge in [-0.2, -0.15) is 0 Å². The van der Waals surface area contributed by atoms with Crippen LogP contribution in [0.3, 0.4) is 0 Å². The number of anilines is 1. The Kier molecular flexibility index (Phi) is 4.64. The standard InChI is InChI=1S/C12H18N2O2/c1-3-4-7-14-12(15)10-8-9(16-2)5-6-11(10)13/h5-6,8H,3-4,7,13H2,1-2H3,(H,14,15). The van der Waals surface area contributed by atoms with Crippen molar-refractivity contribution >= 4 is 11.6 Å². The highest BCUT2D eigenvalue weighted by Crippen LogP contribution is 2.19. The van der Waals surface area contributed by atoms with Crippen LogP contribution in [0.5, 0.6) is 5.75 Å². The zero-order chi connectivity index (χ0) is 12.0. The summed E-state index contributed by atoms with van der Waals surface area (Å²) >= 11 is 0. The Hall–Kier alpha value is -1.71. The molecule has 1 aromatic rings. The van der Waals surface area contributed by atoms with Crippen LogP contribution in [0.4, 0.5) is 5.69 Å². The predicted octanol–water partition coefficient (Wildman–Crippen LogP) is 1.81. The molecule has 0 radical (unpaired) electrons. The van der Waals surface area contributed by atoms with Gasteiger partial charge >= 0.3 is 0 Å². The molecule has 1 amide bonds. The molecule has 0 atom stereocenters. The maximum Gasteiger partial charge on any atom is 0.253 e. The van der Waals surface area contributed by atoms with Gasteiger partial charge in [-0.3, -0.25) is 4.79 Å². The summed E-state index contributed by atoms with van der Waals surface area (Å²) in [6.07, 6.45) is 2.02. The quantitative estimate of drug-likeness (QED) is 0.590. The number of nitrogens with one attached hydrogen (secondary N) is 1. The lowest BCUT2D eigenvalue weighted by atomic mass is 10.1. The van der Waals surface area contributed by atoms with Gasteiger partial charge in [-0.15, -0.1) is 0 Å². The van der Waals surface area contributed by atoms with Crippen LogP contribution in [0, 0.1) is 0 Å². The van der Waals surface area contributed by atoms with Crippen LogP contribution < -0.4 is 15.8 Å². The van der Waals surface area contributed by atoms with E-state index < -0.39 is 0 Å². The third-order valence-electron chi connectivity index (χ3n) is 2.32. The molecule has 0 aliphatic heterocycles. The molecule has 0 aromatic heterocycles. The van der Waals surface area contributed by atoms with E-state index in [1.807, 2.05) is 0 Å². The molecule has 4 nitrogen and oxygen atoms in total. The van der Waals surface area contributed by atoms with Gasteiger partial charge < -0.3 is 15.8 Å². The van der Waals surface area contributed by atoms with Crippen LogP contribution >= 0.6 is 0 Å². The van der Waals surface area contributed by atoms with Crippen molar-refractivity contribution in [1.82, 2.24) is 5.32 Å². The van der Waals surface area contributed by atoms with Gasteiger partial charge in [0, 0.05) is 12.2 Å². The molecule has 0 spiro atoms. The number of amides is 1. The number of hydrogen-bond donors (Lipinski definition) is 2. The number of nitrogen functional groups attached to an aromatic ring is 1. The third-order valence-corrected chi connectivity index (χ3v) is 2.32. The van der Waals surface area contributed by atoms with E-state index in [4.69, 9.17) is 10.5 Å². The van der Waals surface area contributed by atoms with Crippen molar-refractivity contribution < 1.29 is 9.53 Å². The molecule has 0 bridgehead atoms. The summed E-state index contributed by atoms with van der Waals surface area (Å²) in [7, 11) is 1.56. The fourth-order valence-electron chi connectivity index (χ4n) is 1.33. The van der Waals surface area contributed by atoms with Crippen molar-refractivity contribution in [2.45, 2.75) is 19.8 Å². The van der Waals surface area contributed by atoms with Crippen LogP contribution in [0.1, 0.15) is 30.1 Å². The molecule has 0 aliphatic rings. The predicted molar refractivity (Wildman–Crippen MR) is 64.6 cm³/mol. The van der Waals surface area contributed by atoms with Crippen molar-refractivity contribution in [1.29, 1.82) is 0 Å². The van der Waals surface area contributed by atoms with Gasteiger partial charge in [0.25, 0.3) is 5.91 Å². The van der Waals surface area contributed by atoms with Crippen LogP contribution in [0.2, 0.25) is 0 Å². The first-order valence-electron chi connectivity index (χ1n) is 5.40. The highest BCUT2D eigenvalue weighted by molar-refractivity contribution is 5.99. The molecule has 0 heterocycles. The lowest BCUT2D eigenvalue weighted by molar-refractivity contribution is 0.0953. The molecular formula is C12H18N2O2. The monoisotopic (exact) mass is 222 g/mol. The minimum atomic E-state index is -0.148. The second-order valence-electron chi connectivity index (χ2n) is 3.56. The Morgan fingerprint density at radius 1 is 1.50 bits per heavy atom. The smallest absolute Gasteiger partial charge is 0.253 e. The Morgan fingerprint density at radius 2 is 2.25 bits per heavy atom. The van der Waals surface area contributed by atoms with Gasteiger partial charge in [-0.1, -0.05) is 13.3 Å². The number of carbonyl (C=O) groups excluding carboxylic acids is 1. The molecule has 0 aliphatic carbocycles. The lowest BCUT2D eigenvalue weighted by Gasteiger charge is -2.08. The number of ether oxygens (including phenoxy) is 1. The van der Waals surface area contributed by atoms with Gasteiger partial charge in [-0.05, 0) is 24.6 Å². The van der Waals surface area contributed by atoms with Crippen molar-refractivity contribution in [3.05, 3.63) is 23.8 Å². The van der Waals surface area contributed by atoms with Crippen molar-refractivity contribution in [2.75, 3.05) is 19.4 Å². The summed E-state index contributed by atoms with van der Waals surface area (Å²) < 4.78 is 5.05. The minimum absolute atomic E-state index is 0.148. The fraction of sp³-hybridized carbons (Fsp3) is 0.417. The van der Waals surface area contributed by atoms with E-state index in [9.17, 15) is 4.79 Å². The molecule has 88 valence electrons. The third kappa shape index (κ3) is 3.15. The minimum Gasteiger partial charge on any atom is -0.497 e. The van der Waals surface area contributed by atoms with Gasteiger partial charge in [0.15, 0.2) is 0 Å². The summed E-state index contributed by atoms with van der Waals surface area (Å²) in [6, 6.07) is 5.06. The molecule has 3 N–H and O–H groups in total. The summed E-state index contributed by atoms with van der Waals surface area (Å²) in [4.78, 5) is 11.8. The Bertz CT molecular complexity index is 364. The SMILES string of the molecule is CCCCNC(=O)c1cc(OC)ccc1N. The lowest BCUT2D eigenvalue weighted by Crippen LogP contribution is -2.25. The van der Waals surface area contributed by atoms with Gasteiger partial charge in [0.1, 0.15) is 5.75 Å². The maximum atomic E-state index is 11.8. The highest BCUT2D eigenvalue weighted by Gasteiger charge is 2.09. The number of nitrogens with two attached hydrogens (primary N) is 1. The molecule has 0 unspecified atom stereocenters. The van der Waals surface area contributed by atoms with E-state index in [2.05, 4.69) is 12.2 Å². The van der Waals surface area contributed by atoms with E-state index in [0.29, 0.717) is 23.5 Å². The van der Waals surface area contributed by atoms with Gasteiger partial charge in [0.2, 0.25) is 0 Å². The van der Waals surface area contributed by atoms with Crippen molar-refractivity contribution in [2.24, 2.45) is 0 Å². The normalized spacial score (nSPS) is 9.88. The number of hydrogen-bond acceptors (Lipinski definition) is 3. The summed E-state index contributed by atoms with van der Waals surface area (Å²) in [5.74, 6) is 0.486.